The monoisotopic (exact) mass is 177 g/mol. The quantitative estimate of drug-likeness (QED) is 0.508. The molecule has 13 heavy (non-hydrogen) atoms. The van der Waals surface area contributed by atoms with Crippen molar-refractivity contribution in [3.63, 3.8) is 0 Å². The lowest BCUT2D eigenvalue weighted by Crippen LogP contribution is -2.39. The Morgan fingerprint density at radius 2 is 2.23 bits per heavy atom. The van der Waals surface area contributed by atoms with Crippen molar-refractivity contribution in [2.75, 3.05) is 0 Å². The van der Waals surface area contributed by atoms with Gasteiger partial charge >= 0.3 is 5.97 Å². The summed E-state index contributed by atoms with van der Waals surface area (Å²) in [5.41, 5.74) is -0.247. The Balaban J connectivity index is 2.84. The highest BCUT2D eigenvalue weighted by atomic mass is 16.5. The first-order chi connectivity index (χ1) is 6.27. The zero-order valence-corrected chi connectivity index (χ0v) is 6.74. The second-order valence-corrected chi connectivity index (χ2v) is 2.69. The molecule has 1 N–H and O–H groups in total. The lowest BCUT2D eigenvalue weighted by Gasteiger charge is -1.89. The number of hydrogen-bond acceptors (Lipinski definition) is 3. The molecule has 0 aliphatic carbocycles. The lowest BCUT2D eigenvalue weighted by molar-refractivity contribution is -0.134. The number of nitrogens with one attached hydrogen (secondary N) is 1. The molecular formula is C9H7NO3. The van der Waals surface area contributed by atoms with E-state index in [1.54, 1.807) is 18.3 Å². The number of carbonyl (C=O) groups excluding carboxylic acids is 1. The zero-order valence-electron chi connectivity index (χ0n) is 6.74. The van der Waals surface area contributed by atoms with Crippen molar-refractivity contribution in [1.82, 2.24) is 4.98 Å². The van der Waals surface area contributed by atoms with Crippen molar-refractivity contribution < 1.29 is 9.53 Å². The molecule has 1 aliphatic heterocycles. The van der Waals surface area contributed by atoms with Gasteiger partial charge in [0.2, 0.25) is 0 Å². The van der Waals surface area contributed by atoms with Crippen molar-refractivity contribution >= 4 is 18.3 Å². The van der Waals surface area contributed by atoms with E-state index in [4.69, 9.17) is 4.74 Å². The molecule has 4 heteroatoms. The van der Waals surface area contributed by atoms with Gasteiger partial charge in [0.15, 0.2) is 0 Å². The Morgan fingerprint density at radius 1 is 1.38 bits per heavy atom. The Kier molecular flexibility index (Phi) is 1.73. The summed E-state index contributed by atoms with van der Waals surface area (Å²) in [4.78, 5) is 24.6. The van der Waals surface area contributed by atoms with Gasteiger partial charge in [-0.15, -0.1) is 0 Å². The fourth-order valence-corrected chi connectivity index (χ4v) is 1.17. The number of esters is 1. The molecule has 0 atom stereocenters. The van der Waals surface area contributed by atoms with Crippen molar-refractivity contribution in [3.8, 4) is 0 Å². The van der Waals surface area contributed by atoms with Crippen LogP contribution in [0.2, 0.25) is 0 Å². The van der Waals surface area contributed by atoms with Gasteiger partial charge < -0.3 is 9.72 Å². The van der Waals surface area contributed by atoms with E-state index in [2.05, 4.69) is 4.98 Å². The molecule has 0 aromatic carbocycles. The molecule has 4 nitrogen and oxygen atoms in total. The summed E-state index contributed by atoms with van der Waals surface area (Å²) < 4.78 is 4.69. The van der Waals surface area contributed by atoms with Crippen LogP contribution in [0.15, 0.2) is 17.1 Å². The molecular weight excluding hydrogens is 170 g/mol. The minimum absolute atomic E-state index is 0.201. The van der Waals surface area contributed by atoms with E-state index in [0.29, 0.717) is 5.22 Å². The first-order valence-electron chi connectivity index (χ1n) is 3.85. The third-order valence-electron chi connectivity index (χ3n) is 1.83. The smallest absolute Gasteiger partial charge is 0.314 e. The normalized spacial score (nSPS) is 14.6. The molecule has 0 spiro atoms. The molecule has 1 aromatic heterocycles. The number of carbonyl (C=O) groups is 1. The highest BCUT2D eigenvalue weighted by Gasteiger charge is 2.03. The molecule has 2 rings (SSSR count). The van der Waals surface area contributed by atoms with Crippen LogP contribution < -0.4 is 16.0 Å². The summed E-state index contributed by atoms with van der Waals surface area (Å²) in [5, 5.41) is 1.13. The minimum atomic E-state index is -0.351. The molecule has 0 unspecified atom stereocenters. The van der Waals surface area contributed by atoms with Gasteiger partial charge in [0.05, 0.1) is 11.6 Å². The second-order valence-electron chi connectivity index (χ2n) is 2.69. The average molecular weight is 177 g/mol. The number of aromatic nitrogens is 1. The molecule has 0 saturated carbocycles. The Labute approximate surface area is 73.2 Å². The number of hydrogen-bond donors (Lipinski definition) is 1. The van der Waals surface area contributed by atoms with Crippen molar-refractivity contribution in [2.24, 2.45) is 0 Å². The predicted molar refractivity (Wildman–Crippen MR) is 46.0 cm³/mol. The van der Waals surface area contributed by atoms with Gasteiger partial charge in [-0.1, -0.05) is 6.08 Å². The maximum atomic E-state index is 11.2. The van der Waals surface area contributed by atoms with Crippen LogP contribution in [-0.2, 0) is 9.53 Å². The van der Waals surface area contributed by atoms with Gasteiger partial charge in [-0.05, 0) is 11.3 Å². The number of cyclic esters (lactones) is 1. The minimum Gasteiger partial charge on any atom is -0.433 e. The van der Waals surface area contributed by atoms with Crippen molar-refractivity contribution in [2.45, 2.75) is 6.42 Å². The number of H-pyrrole nitrogens is 1. The number of pyridine rings is 1. The number of ether oxygens (including phenoxy) is 1. The Bertz CT molecular complexity index is 512. The molecule has 1 aliphatic rings. The van der Waals surface area contributed by atoms with Crippen LogP contribution in [0, 0.1) is 0 Å². The lowest BCUT2D eigenvalue weighted by atomic mass is 10.3. The van der Waals surface area contributed by atoms with Crippen LogP contribution in [-0.4, -0.2) is 11.0 Å². The van der Waals surface area contributed by atoms with Gasteiger partial charge in [-0.25, -0.2) is 0 Å². The van der Waals surface area contributed by atoms with Gasteiger partial charge in [0.1, 0.15) is 6.26 Å². The molecule has 1 aromatic rings. The van der Waals surface area contributed by atoms with E-state index in [1.807, 2.05) is 0 Å². The standard InChI is InChI=1S/C9H7NO3/c11-8-2-1-6-3-4-10-9(12)7(6)5-13-8/h1,3-5H,2H2,(H,10,12). The summed E-state index contributed by atoms with van der Waals surface area (Å²) in [5.74, 6) is -0.351. The summed E-state index contributed by atoms with van der Waals surface area (Å²) in [6.45, 7) is 0. The summed E-state index contributed by atoms with van der Waals surface area (Å²) >= 11 is 0. The highest BCUT2D eigenvalue weighted by Crippen LogP contribution is 1.89. The number of aromatic amines is 1. The average Bonchev–Trinajstić information content (AvgIpc) is 2.30. The third kappa shape index (κ3) is 1.38. The van der Waals surface area contributed by atoms with Crippen LogP contribution in [0.4, 0.5) is 0 Å². The Morgan fingerprint density at radius 3 is 3.08 bits per heavy atom. The fourth-order valence-electron chi connectivity index (χ4n) is 1.17. The number of rotatable bonds is 0. The molecule has 0 radical (unpaired) electrons. The van der Waals surface area contributed by atoms with E-state index in [9.17, 15) is 9.59 Å². The summed E-state index contributed by atoms with van der Waals surface area (Å²) in [6, 6.07) is 1.73. The topological polar surface area (TPSA) is 59.2 Å². The van der Waals surface area contributed by atoms with Crippen LogP contribution in [0.3, 0.4) is 0 Å². The molecule has 0 saturated heterocycles. The third-order valence-corrected chi connectivity index (χ3v) is 1.83. The van der Waals surface area contributed by atoms with Crippen LogP contribution >= 0.6 is 0 Å². The molecule has 2 heterocycles. The van der Waals surface area contributed by atoms with Gasteiger partial charge in [-0.3, -0.25) is 9.59 Å². The molecule has 66 valence electrons. The maximum Gasteiger partial charge on any atom is 0.314 e. The highest BCUT2D eigenvalue weighted by molar-refractivity contribution is 5.78. The van der Waals surface area contributed by atoms with E-state index >= 15 is 0 Å². The molecule has 0 fully saturated rings. The molecule has 0 bridgehead atoms. The number of fused-ring (bicyclic) bond motifs is 1. The maximum absolute atomic E-state index is 11.2. The first-order valence-corrected chi connectivity index (χ1v) is 3.85. The SMILES string of the molecule is O=C1CC=c2cc[nH]c(=O)c2=CO1. The fraction of sp³-hybridized carbons (Fsp3) is 0.111. The molecule has 0 amide bonds. The van der Waals surface area contributed by atoms with Gasteiger partial charge in [0.25, 0.3) is 5.56 Å². The van der Waals surface area contributed by atoms with Crippen molar-refractivity contribution in [1.29, 1.82) is 0 Å². The van der Waals surface area contributed by atoms with Crippen molar-refractivity contribution in [3.05, 3.63) is 33.1 Å². The van der Waals surface area contributed by atoms with E-state index in [1.165, 1.54) is 6.26 Å². The summed E-state index contributed by atoms with van der Waals surface area (Å²) in [6.07, 6.45) is 4.62. The van der Waals surface area contributed by atoms with E-state index in [-0.39, 0.29) is 17.9 Å². The van der Waals surface area contributed by atoms with Gasteiger partial charge in [-0.2, -0.15) is 0 Å². The van der Waals surface area contributed by atoms with Crippen LogP contribution in [0.1, 0.15) is 6.42 Å². The first kappa shape index (κ1) is 7.79. The van der Waals surface area contributed by atoms with Crippen LogP contribution in [0.5, 0.6) is 0 Å². The summed E-state index contributed by atoms with van der Waals surface area (Å²) in [7, 11) is 0. The van der Waals surface area contributed by atoms with Crippen LogP contribution in [0.25, 0.3) is 12.3 Å². The van der Waals surface area contributed by atoms with E-state index < -0.39 is 0 Å². The predicted octanol–water partition coefficient (Wildman–Crippen LogP) is -1.16. The largest absolute Gasteiger partial charge is 0.433 e. The Hall–Kier alpha value is -1.84. The van der Waals surface area contributed by atoms with E-state index in [0.717, 1.165) is 5.22 Å². The second kappa shape index (κ2) is 2.90. The zero-order chi connectivity index (χ0) is 9.26. The van der Waals surface area contributed by atoms with Gasteiger partial charge in [0, 0.05) is 6.20 Å².